The first-order valence-electron chi connectivity index (χ1n) is 7.22. The largest absolute Gasteiger partial charge is 0.355 e. The second-order valence-electron chi connectivity index (χ2n) is 5.97. The van der Waals surface area contributed by atoms with Crippen LogP contribution in [0.5, 0.6) is 0 Å². The molecule has 2 aliphatic heterocycles. The minimum atomic E-state index is -0.260. The molecule has 0 aliphatic carbocycles. The van der Waals surface area contributed by atoms with E-state index in [1.807, 2.05) is 13.8 Å². The highest BCUT2D eigenvalue weighted by Crippen LogP contribution is 2.36. The number of anilines is 1. The smallest absolute Gasteiger partial charge is 0.254 e. The summed E-state index contributed by atoms with van der Waals surface area (Å²) < 4.78 is 1.68. The molecule has 2 saturated heterocycles. The number of hydrogen-bond donors (Lipinski definition) is 0. The lowest BCUT2D eigenvalue weighted by molar-refractivity contribution is -0.138. The molecule has 0 N–H and O–H groups in total. The fourth-order valence-corrected chi connectivity index (χ4v) is 3.47. The molecule has 4 rings (SSSR count). The monoisotopic (exact) mass is 300 g/mol. The Balaban J connectivity index is 1.79. The number of nitrogens with zero attached hydrogens (tertiary/aromatic N) is 6. The van der Waals surface area contributed by atoms with Crippen LogP contribution in [0.1, 0.15) is 11.3 Å². The summed E-state index contributed by atoms with van der Waals surface area (Å²) in [7, 11) is 1.56. The molecule has 2 atom stereocenters. The van der Waals surface area contributed by atoms with Crippen molar-refractivity contribution in [2.45, 2.75) is 13.8 Å². The molecular weight excluding hydrogens is 284 g/mol. The fourth-order valence-electron chi connectivity index (χ4n) is 3.47. The lowest BCUT2D eigenvalue weighted by atomic mass is 10.00. The Morgan fingerprint density at radius 2 is 1.77 bits per heavy atom. The molecule has 0 aromatic carbocycles. The third kappa shape index (κ3) is 1.54. The van der Waals surface area contributed by atoms with Gasteiger partial charge in [-0.25, -0.2) is 4.98 Å². The molecule has 2 fully saturated rings. The van der Waals surface area contributed by atoms with Crippen LogP contribution in [-0.2, 0) is 9.59 Å². The molecule has 2 aromatic rings. The normalized spacial score (nSPS) is 24.7. The van der Waals surface area contributed by atoms with Crippen molar-refractivity contribution in [3.8, 4) is 0 Å². The number of aromatic nitrogens is 4. The maximum Gasteiger partial charge on any atom is 0.254 e. The number of imide groups is 1. The van der Waals surface area contributed by atoms with Gasteiger partial charge in [0.2, 0.25) is 11.8 Å². The topological polar surface area (TPSA) is 83.7 Å². The van der Waals surface area contributed by atoms with Crippen LogP contribution in [0.4, 0.5) is 5.82 Å². The number of carbonyl (C=O) groups excluding carboxylic acids is 2. The Bertz CT molecular complexity index is 789. The maximum atomic E-state index is 12.2. The third-order valence-corrected chi connectivity index (χ3v) is 4.79. The maximum absolute atomic E-state index is 12.2. The lowest BCUT2D eigenvalue weighted by Gasteiger charge is -2.23. The Kier molecular flexibility index (Phi) is 2.54. The number of rotatable bonds is 1. The van der Waals surface area contributed by atoms with E-state index in [4.69, 9.17) is 0 Å². The summed E-state index contributed by atoms with van der Waals surface area (Å²) in [6, 6.07) is 0. The molecule has 4 heterocycles. The van der Waals surface area contributed by atoms with Gasteiger partial charge in [0.25, 0.3) is 5.78 Å². The molecule has 2 amide bonds. The molecule has 0 spiro atoms. The van der Waals surface area contributed by atoms with Crippen molar-refractivity contribution in [3.63, 3.8) is 0 Å². The van der Waals surface area contributed by atoms with Crippen LogP contribution in [-0.4, -0.2) is 56.4 Å². The predicted octanol–water partition coefficient (Wildman–Crippen LogP) is -0.208. The van der Waals surface area contributed by atoms with Gasteiger partial charge in [0.1, 0.15) is 12.1 Å². The van der Waals surface area contributed by atoms with Crippen molar-refractivity contribution in [1.82, 2.24) is 24.5 Å². The third-order valence-electron chi connectivity index (χ3n) is 4.79. The molecule has 0 radical (unpaired) electrons. The number of aryl methyl sites for hydroxylation is 1. The Labute approximate surface area is 126 Å². The summed E-state index contributed by atoms with van der Waals surface area (Å²) in [6.07, 6.45) is 1.46. The van der Waals surface area contributed by atoms with Gasteiger partial charge < -0.3 is 4.90 Å². The van der Waals surface area contributed by atoms with Crippen molar-refractivity contribution in [2.24, 2.45) is 11.8 Å². The van der Waals surface area contributed by atoms with E-state index in [9.17, 15) is 9.59 Å². The molecule has 2 aromatic heterocycles. The van der Waals surface area contributed by atoms with E-state index < -0.39 is 0 Å². The molecule has 2 unspecified atom stereocenters. The van der Waals surface area contributed by atoms with Crippen LogP contribution in [0.25, 0.3) is 5.78 Å². The Morgan fingerprint density at radius 3 is 2.41 bits per heavy atom. The van der Waals surface area contributed by atoms with E-state index in [-0.39, 0.29) is 23.7 Å². The summed E-state index contributed by atoms with van der Waals surface area (Å²) in [4.78, 5) is 36.2. The van der Waals surface area contributed by atoms with E-state index in [2.05, 4.69) is 20.0 Å². The molecule has 8 heteroatoms. The van der Waals surface area contributed by atoms with Crippen molar-refractivity contribution < 1.29 is 9.59 Å². The molecular formula is C14H16N6O2. The zero-order valence-corrected chi connectivity index (χ0v) is 12.6. The second kappa shape index (κ2) is 4.25. The summed E-state index contributed by atoms with van der Waals surface area (Å²) in [5.74, 6) is 0.710. The minimum absolute atomic E-state index is 0.0873. The lowest BCUT2D eigenvalue weighted by Crippen LogP contribution is -2.34. The number of carbonyl (C=O) groups is 2. The van der Waals surface area contributed by atoms with Crippen molar-refractivity contribution in [3.05, 3.63) is 17.6 Å². The SMILES string of the molecule is Cc1nc2ncnn2c(N2CC3C(=O)N(C)C(=O)C3C2)c1C. The number of hydrogen-bond acceptors (Lipinski definition) is 6. The summed E-state index contributed by atoms with van der Waals surface area (Å²) in [6.45, 7) is 4.95. The van der Waals surface area contributed by atoms with Crippen molar-refractivity contribution in [1.29, 1.82) is 0 Å². The van der Waals surface area contributed by atoms with Crippen molar-refractivity contribution in [2.75, 3.05) is 25.0 Å². The van der Waals surface area contributed by atoms with Crippen LogP contribution in [0.3, 0.4) is 0 Å². The van der Waals surface area contributed by atoms with E-state index in [1.54, 1.807) is 11.6 Å². The van der Waals surface area contributed by atoms with Gasteiger partial charge in [-0.05, 0) is 13.8 Å². The minimum Gasteiger partial charge on any atom is -0.355 e. The van der Waals surface area contributed by atoms with Gasteiger partial charge in [-0.2, -0.15) is 14.6 Å². The van der Waals surface area contributed by atoms with E-state index in [1.165, 1.54) is 11.2 Å². The standard InChI is InChI=1S/C14H16N6O2/c1-7-8(2)17-14-15-6-16-20(14)11(7)19-4-9-10(5-19)13(22)18(3)12(9)21/h6,9-10H,4-5H2,1-3H3. The van der Waals surface area contributed by atoms with Gasteiger partial charge in [-0.3, -0.25) is 14.5 Å². The highest BCUT2D eigenvalue weighted by Gasteiger charge is 2.51. The van der Waals surface area contributed by atoms with E-state index in [0.29, 0.717) is 18.9 Å². The second-order valence-corrected chi connectivity index (χ2v) is 5.97. The van der Waals surface area contributed by atoms with Gasteiger partial charge in [-0.1, -0.05) is 0 Å². The van der Waals surface area contributed by atoms with Gasteiger partial charge >= 0.3 is 0 Å². The van der Waals surface area contributed by atoms with Gasteiger partial charge in [0.15, 0.2) is 0 Å². The predicted molar refractivity (Wildman–Crippen MR) is 77.2 cm³/mol. The first-order chi connectivity index (χ1) is 10.5. The molecule has 0 bridgehead atoms. The first-order valence-corrected chi connectivity index (χ1v) is 7.22. The zero-order valence-electron chi connectivity index (χ0n) is 12.6. The zero-order chi connectivity index (χ0) is 15.6. The summed E-state index contributed by atoms with van der Waals surface area (Å²) in [5.41, 5.74) is 1.87. The Morgan fingerprint density at radius 1 is 1.14 bits per heavy atom. The van der Waals surface area contributed by atoms with Crippen molar-refractivity contribution >= 4 is 23.4 Å². The number of likely N-dealkylation sites (tertiary alicyclic amines) is 1. The summed E-state index contributed by atoms with van der Waals surface area (Å²) >= 11 is 0. The van der Waals surface area contributed by atoms with Gasteiger partial charge in [0, 0.05) is 31.4 Å². The quantitative estimate of drug-likeness (QED) is 0.678. The van der Waals surface area contributed by atoms with Gasteiger partial charge in [-0.15, -0.1) is 0 Å². The van der Waals surface area contributed by atoms with Crippen LogP contribution < -0.4 is 4.90 Å². The number of amides is 2. The molecule has 22 heavy (non-hydrogen) atoms. The summed E-state index contributed by atoms with van der Waals surface area (Å²) in [5, 5.41) is 4.23. The van der Waals surface area contributed by atoms with E-state index in [0.717, 1.165) is 17.1 Å². The number of fused-ring (bicyclic) bond motifs is 2. The van der Waals surface area contributed by atoms with E-state index >= 15 is 0 Å². The molecule has 8 nitrogen and oxygen atoms in total. The van der Waals surface area contributed by atoms with Crippen LogP contribution in [0, 0.1) is 25.7 Å². The highest BCUT2D eigenvalue weighted by molar-refractivity contribution is 6.06. The molecule has 0 saturated carbocycles. The fraction of sp³-hybridized carbons (Fsp3) is 0.500. The van der Waals surface area contributed by atoms with Crippen LogP contribution in [0.15, 0.2) is 6.33 Å². The molecule has 2 aliphatic rings. The average molecular weight is 300 g/mol. The average Bonchev–Trinajstić information content (AvgIpc) is 3.16. The van der Waals surface area contributed by atoms with Gasteiger partial charge in [0.05, 0.1) is 11.8 Å². The highest BCUT2D eigenvalue weighted by atomic mass is 16.2. The van der Waals surface area contributed by atoms with Crippen LogP contribution in [0.2, 0.25) is 0 Å². The molecule has 114 valence electrons. The first kappa shape index (κ1) is 13.2. The van der Waals surface area contributed by atoms with Crippen LogP contribution >= 0.6 is 0 Å². The Hall–Kier alpha value is -2.51.